The van der Waals surface area contributed by atoms with Crippen molar-refractivity contribution in [2.45, 2.75) is 38.1 Å². The van der Waals surface area contributed by atoms with Gasteiger partial charge in [0.25, 0.3) is 0 Å². The monoisotopic (exact) mass is 399 g/mol. The molecule has 3 aromatic rings. The molecule has 2 fully saturated rings. The third kappa shape index (κ3) is 2.70. The molecule has 1 spiro atoms. The van der Waals surface area contributed by atoms with Crippen molar-refractivity contribution in [1.82, 2.24) is 25.1 Å². The number of fused-ring (bicyclic) bond motifs is 1. The SMILES string of the molecule is N[C@@H]1CCCC12CCN(c1cnc3c(-c4ccnc(O)c4Cl)n[nH]c3n1)CC2. The third-order valence-electron chi connectivity index (χ3n) is 6.44. The topological polar surface area (TPSA) is 117 Å². The van der Waals surface area contributed by atoms with Crippen LogP contribution in [0.5, 0.6) is 5.88 Å². The molecular weight excluding hydrogens is 378 g/mol. The largest absolute Gasteiger partial charge is 0.492 e. The summed E-state index contributed by atoms with van der Waals surface area (Å²) in [7, 11) is 0. The van der Waals surface area contributed by atoms with E-state index in [1.807, 2.05) is 0 Å². The van der Waals surface area contributed by atoms with E-state index >= 15 is 0 Å². The quantitative estimate of drug-likeness (QED) is 0.606. The average Bonchev–Trinajstić information content (AvgIpc) is 3.28. The summed E-state index contributed by atoms with van der Waals surface area (Å²) in [5.74, 6) is 0.611. The van der Waals surface area contributed by atoms with Crippen molar-refractivity contribution in [2.24, 2.45) is 11.1 Å². The summed E-state index contributed by atoms with van der Waals surface area (Å²) in [6.45, 7) is 1.89. The van der Waals surface area contributed by atoms with Gasteiger partial charge in [0.1, 0.15) is 22.1 Å². The van der Waals surface area contributed by atoms with E-state index in [1.165, 1.54) is 19.0 Å². The zero-order valence-corrected chi connectivity index (χ0v) is 16.2. The molecule has 0 aromatic carbocycles. The van der Waals surface area contributed by atoms with Gasteiger partial charge in [-0.2, -0.15) is 5.10 Å². The molecule has 1 saturated heterocycles. The minimum Gasteiger partial charge on any atom is -0.492 e. The number of piperidine rings is 1. The van der Waals surface area contributed by atoms with E-state index in [0.717, 1.165) is 38.2 Å². The van der Waals surface area contributed by atoms with Crippen molar-refractivity contribution in [3.05, 3.63) is 23.5 Å². The number of rotatable bonds is 2. The first kappa shape index (κ1) is 17.6. The highest BCUT2D eigenvalue weighted by molar-refractivity contribution is 6.34. The van der Waals surface area contributed by atoms with E-state index in [2.05, 4.69) is 25.1 Å². The fourth-order valence-electron chi connectivity index (χ4n) is 4.72. The van der Waals surface area contributed by atoms with Crippen molar-refractivity contribution in [1.29, 1.82) is 0 Å². The maximum Gasteiger partial charge on any atom is 0.230 e. The first-order valence-corrected chi connectivity index (χ1v) is 10.0. The van der Waals surface area contributed by atoms with Gasteiger partial charge in [-0.25, -0.2) is 15.0 Å². The van der Waals surface area contributed by atoms with Crippen LogP contribution < -0.4 is 10.6 Å². The Morgan fingerprint density at radius 1 is 1.25 bits per heavy atom. The molecule has 0 unspecified atom stereocenters. The number of H-pyrrole nitrogens is 1. The first-order valence-electron chi connectivity index (χ1n) is 9.63. The molecular formula is C19H22ClN7O. The van der Waals surface area contributed by atoms with Crippen molar-refractivity contribution >= 4 is 28.6 Å². The number of hydrogen-bond acceptors (Lipinski definition) is 7. The molecule has 146 valence electrons. The molecule has 1 aliphatic carbocycles. The lowest BCUT2D eigenvalue weighted by molar-refractivity contribution is 0.197. The fraction of sp³-hybridized carbons (Fsp3) is 0.474. The van der Waals surface area contributed by atoms with Crippen LogP contribution in [0.2, 0.25) is 5.02 Å². The summed E-state index contributed by atoms with van der Waals surface area (Å²) in [4.78, 5) is 15.4. The molecule has 5 rings (SSSR count). The van der Waals surface area contributed by atoms with Gasteiger partial charge in [-0.15, -0.1) is 0 Å². The number of aromatic nitrogens is 5. The molecule has 3 aromatic heterocycles. The maximum atomic E-state index is 9.76. The summed E-state index contributed by atoms with van der Waals surface area (Å²) in [6, 6.07) is 2.03. The maximum absolute atomic E-state index is 9.76. The lowest BCUT2D eigenvalue weighted by atomic mass is 9.74. The van der Waals surface area contributed by atoms with Crippen molar-refractivity contribution in [3.63, 3.8) is 0 Å². The number of halogens is 1. The van der Waals surface area contributed by atoms with Gasteiger partial charge in [-0.3, -0.25) is 5.10 Å². The molecule has 28 heavy (non-hydrogen) atoms. The van der Waals surface area contributed by atoms with Crippen molar-refractivity contribution in [3.8, 4) is 17.1 Å². The Morgan fingerprint density at radius 3 is 2.82 bits per heavy atom. The Balaban J connectivity index is 1.42. The van der Waals surface area contributed by atoms with Crippen LogP contribution in [0.15, 0.2) is 18.5 Å². The Kier molecular flexibility index (Phi) is 4.13. The minimum atomic E-state index is -0.229. The van der Waals surface area contributed by atoms with Gasteiger partial charge in [0.15, 0.2) is 5.65 Å². The number of anilines is 1. The second-order valence-electron chi connectivity index (χ2n) is 7.84. The number of pyridine rings is 1. The van der Waals surface area contributed by atoms with Crippen molar-refractivity contribution in [2.75, 3.05) is 18.0 Å². The summed E-state index contributed by atoms with van der Waals surface area (Å²) < 4.78 is 0. The van der Waals surface area contributed by atoms with Crippen LogP contribution >= 0.6 is 11.6 Å². The molecule has 1 aliphatic heterocycles. The van der Waals surface area contributed by atoms with Crippen LogP contribution in [-0.2, 0) is 0 Å². The van der Waals surface area contributed by atoms with E-state index in [1.54, 1.807) is 12.3 Å². The van der Waals surface area contributed by atoms with Gasteiger partial charge >= 0.3 is 0 Å². The molecule has 4 heterocycles. The molecule has 0 amide bonds. The minimum absolute atomic E-state index is 0.149. The summed E-state index contributed by atoms with van der Waals surface area (Å²) in [5, 5.41) is 17.2. The lowest BCUT2D eigenvalue weighted by Gasteiger charge is -2.42. The highest BCUT2D eigenvalue weighted by Crippen LogP contribution is 2.46. The zero-order chi connectivity index (χ0) is 19.3. The predicted octanol–water partition coefficient (Wildman–Crippen LogP) is 2.87. The van der Waals surface area contributed by atoms with Gasteiger partial charge in [0, 0.05) is 30.9 Å². The molecule has 8 nitrogen and oxygen atoms in total. The molecule has 9 heteroatoms. The van der Waals surface area contributed by atoms with Crippen LogP contribution in [0.1, 0.15) is 32.1 Å². The van der Waals surface area contributed by atoms with Crippen molar-refractivity contribution < 1.29 is 5.11 Å². The average molecular weight is 400 g/mol. The van der Waals surface area contributed by atoms with E-state index in [9.17, 15) is 5.11 Å². The molecule has 0 radical (unpaired) electrons. The smallest absolute Gasteiger partial charge is 0.230 e. The standard InChI is InChI=1S/C19H22ClN7O/c20-14-11(3-7-22-18(14)28)15-16-17(26-25-15)24-13(10-23-16)27-8-5-19(6-9-27)4-1-2-12(19)21/h3,7,10,12H,1-2,4-6,8-9,21H2,(H,22,28)(H,24,25,26)/t12-/m1/s1. The fourth-order valence-corrected chi connectivity index (χ4v) is 4.92. The van der Waals surface area contributed by atoms with E-state index in [4.69, 9.17) is 22.3 Å². The number of nitrogens with zero attached hydrogens (tertiary/aromatic N) is 5. The summed E-state index contributed by atoms with van der Waals surface area (Å²) in [5.41, 5.74) is 9.03. The Labute approximate surface area is 167 Å². The van der Waals surface area contributed by atoms with Crippen LogP contribution in [0.3, 0.4) is 0 Å². The van der Waals surface area contributed by atoms with Crippen LogP contribution in [0.25, 0.3) is 22.4 Å². The van der Waals surface area contributed by atoms with E-state index < -0.39 is 0 Å². The van der Waals surface area contributed by atoms with Gasteiger partial charge < -0.3 is 15.7 Å². The highest BCUT2D eigenvalue weighted by atomic mass is 35.5. The molecule has 2 aliphatic rings. The Hall–Kier alpha value is -2.45. The van der Waals surface area contributed by atoms with E-state index in [0.29, 0.717) is 33.9 Å². The lowest BCUT2D eigenvalue weighted by Crippen LogP contribution is -2.47. The molecule has 1 atom stereocenters. The van der Waals surface area contributed by atoms with Gasteiger partial charge in [-0.1, -0.05) is 18.0 Å². The molecule has 0 bridgehead atoms. The zero-order valence-electron chi connectivity index (χ0n) is 15.4. The van der Waals surface area contributed by atoms with Crippen LogP contribution in [0, 0.1) is 5.41 Å². The second-order valence-corrected chi connectivity index (χ2v) is 8.22. The second kappa shape index (κ2) is 6.56. The highest BCUT2D eigenvalue weighted by Gasteiger charge is 2.43. The van der Waals surface area contributed by atoms with Crippen LogP contribution in [-0.4, -0.2) is 49.4 Å². The molecule has 1 saturated carbocycles. The number of aromatic amines is 1. The predicted molar refractivity (Wildman–Crippen MR) is 107 cm³/mol. The third-order valence-corrected chi connectivity index (χ3v) is 6.82. The molecule has 4 N–H and O–H groups in total. The number of nitrogens with one attached hydrogen (secondary N) is 1. The summed E-state index contributed by atoms with van der Waals surface area (Å²) >= 11 is 6.18. The Morgan fingerprint density at radius 2 is 2.07 bits per heavy atom. The summed E-state index contributed by atoms with van der Waals surface area (Å²) in [6.07, 6.45) is 9.12. The van der Waals surface area contributed by atoms with E-state index in [-0.39, 0.29) is 10.9 Å². The first-order chi connectivity index (χ1) is 13.6. The normalized spacial score (nSPS) is 21.6. The number of hydrogen-bond donors (Lipinski definition) is 3. The van der Waals surface area contributed by atoms with Gasteiger partial charge in [0.05, 0.1) is 6.20 Å². The van der Waals surface area contributed by atoms with Gasteiger partial charge in [-0.05, 0) is 37.2 Å². The number of nitrogens with two attached hydrogens (primary N) is 1. The van der Waals surface area contributed by atoms with Gasteiger partial charge in [0.2, 0.25) is 5.88 Å². The Bertz CT molecular complexity index is 1030. The number of aromatic hydroxyl groups is 1. The van der Waals surface area contributed by atoms with Crippen LogP contribution in [0.4, 0.5) is 5.82 Å².